The number of benzene rings is 1. The molecule has 1 fully saturated rings. The molecule has 0 unspecified atom stereocenters. The SMILES string of the molecule is O=C(c1ccc2ccccc2n1)N1CCC[C@@H](c2ccn[nH]2)C1. The van der Waals surface area contributed by atoms with Crippen molar-refractivity contribution in [2.75, 3.05) is 13.1 Å². The Bertz CT molecular complexity index is 828. The fourth-order valence-electron chi connectivity index (χ4n) is 3.26. The van der Waals surface area contributed by atoms with E-state index < -0.39 is 0 Å². The van der Waals surface area contributed by atoms with Crippen LogP contribution >= 0.6 is 0 Å². The number of carbonyl (C=O) groups is 1. The Labute approximate surface area is 134 Å². The average Bonchev–Trinajstić information content (AvgIpc) is 3.15. The lowest BCUT2D eigenvalue weighted by molar-refractivity contribution is 0.0700. The number of rotatable bonds is 2. The molecule has 5 nitrogen and oxygen atoms in total. The van der Waals surface area contributed by atoms with Gasteiger partial charge >= 0.3 is 0 Å². The van der Waals surface area contributed by atoms with Crippen LogP contribution in [0.5, 0.6) is 0 Å². The number of piperidine rings is 1. The molecular formula is C18H18N4O. The van der Waals surface area contributed by atoms with Crippen LogP contribution in [-0.2, 0) is 0 Å². The molecule has 4 rings (SSSR count). The number of aromatic amines is 1. The maximum absolute atomic E-state index is 12.8. The number of hydrogen-bond acceptors (Lipinski definition) is 3. The van der Waals surface area contributed by atoms with E-state index in [1.807, 2.05) is 47.4 Å². The number of carbonyl (C=O) groups excluding carboxylic acids is 1. The zero-order valence-corrected chi connectivity index (χ0v) is 12.8. The highest BCUT2D eigenvalue weighted by Crippen LogP contribution is 2.26. The lowest BCUT2D eigenvalue weighted by atomic mass is 9.94. The van der Waals surface area contributed by atoms with Crippen LogP contribution in [0.1, 0.15) is 34.9 Å². The van der Waals surface area contributed by atoms with E-state index >= 15 is 0 Å². The molecule has 2 aromatic heterocycles. The van der Waals surface area contributed by atoms with Gasteiger partial charge in [0.1, 0.15) is 5.69 Å². The first-order chi connectivity index (χ1) is 11.3. The van der Waals surface area contributed by atoms with Crippen molar-refractivity contribution in [3.05, 3.63) is 60.0 Å². The highest BCUT2D eigenvalue weighted by molar-refractivity contribution is 5.95. The van der Waals surface area contributed by atoms with Gasteiger partial charge in [-0.2, -0.15) is 5.10 Å². The molecule has 5 heteroatoms. The van der Waals surface area contributed by atoms with E-state index in [-0.39, 0.29) is 5.91 Å². The van der Waals surface area contributed by atoms with Crippen LogP contribution < -0.4 is 0 Å². The summed E-state index contributed by atoms with van der Waals surface area (Å²) in [6, 6.07) is 13.6. The summed E-state index contributed by atoms with van der Waals surface area (Å²) in [4.78, 5) is 19.2. The van der Waals surface area contributed by atoms with E-state index in [1.54, 1.807) is 6.20 Å². The largest absolute Gasteiger partial charge is 0.337 e. The van der Waals surface area contributed by atoms with E-state index in [0.717, 1.165) is 42.5 Å². The second-order valence-corrected chi connectivity index (χ2v) is 5.99. The summed E-state index contributed by atoms with van der Waals surface area (Å²) in [5, 5.41) is 8.10. The third kappa shape index (κ3) is 2.70. The molecular weight excluding hydrogens is 288 g/mol. The van der Waals surface area contributed by atoms with E-state index in [4.69, 9.17) is 0 Å². The monoisotopic (exact) mass is 306 g/mol. The predicted octanol–water partition coefficient (Wildman–Crippen LogP) is 2.98. The average molecular weight is 306 g/mol. The number of nitrogens with zero attached hydrogens (tertiary/aromatic N) is 3. The zero-order chi connectivity index (χ0) is 15.6. The number of nitrogens with one attached hydrogen (secondary N) is 1. The van der Waals surface area contributed by atoms with E-state index in [1.165, 1.54) is 0 Å². The van der Waals surface area contributed by atoms with Crippen molar-refractivity contribution in [3.8, 4) is 0 Å². The van der Waals surface area contributed by atoms with Gasteiger partial charge in [0.15, 0.2) is 0 Å². The molecule has 1 aliphatic heterocycles. The third-order valence-corrected chi connectivity index (χ3v) is 4.49. The molecule has 1 aliphatic rings. The first-order valence-corrected chi connectivity index (χ1v) is 7.95. The molecule has 0 radical (unpaired) electrons. The molecule has 1 amide bonds. The van der Waals surface area contributed by atoms with Crippen molar-refractivity contribution in [1.82, 2.24) is 20.1 Å². The fourth-order valence-corrected chi connectivity index (χ4v) is 3.26. The van der Waals surface area contributed by atoms with Crippen molar-refractivity contribution in [1.29, 1.82) is 0 Å². The first kappa shape index (κ1) is 13.9. The van der Waals surface area contributed by atoms with Crippen molar-refractivity contribution in [3.63, 3.8) is 0 Å². The van der Waals surface area contributed by atoms with Crippen molar-refractivity contribution < 1.29 is 4.79 Å². The van der Waals surface area contributed by atoms with Crippen LogP contribution in [0, 0.1) is 0 Å². The highest BCUT2D eigenvalue weighted by Gasteiger charge is 2.26. The van der Waals surface area contributed by atoms with E-state index in [9.17, 15) is 4.79 Å². The predicted molar refractivity (Wildman–Crippen MR) is 88.2 cm³/mol. The number of pyridine rings is 1. The van der Waals surface area contributed by atoms with Crippen LogP contribution in [0.15, 0.2) is 48.7 Å². The second kappa shape index (κ2) is 5.83. The normalized spacial score (nSPS) is 18.3. The van der Waals surface area contributed by atoms with Gasteiger partial charge in [0.25, 0.3) is 5.91 Å². The Balaban J connectivity index is 1.57. The van der Waals surface area contributed by atoms with Crippen molar-refractivity contribution in [2.24, 2.45) is 0 Å². The molecule has 0 bridgehead atoms. The Kier molecular flexibility index (Phi) is 3.54. The quantitative estimate of drug-likeness (QED) is 0.791. The molecule has 0 saturated carbocycles. The van der Waals surface area contributed by atoms with Gasteiger partial charge in [-0.1, -0.05) is 24.3 Å². The lowest BCUT2D eigenvalue weighted by Crippen LogP contribution is -2.39. The molecule has 116 valence electrons. The van der Waals surface area contributed by atoms with Crippen LogP contribution in [0.3, 0.4) is 0 Å². The number of fused-ring (bicyclic) bond motifs is 1. The van der Waals surface area contributed by atoms with Gasteiger partial charge < -0.3 is 4.90 Å². The van der Waals surface area contributed by atoms with Crippen molar-refractivity contribution >= 4 is 16.8 Å². The van der Waals surface area contributed by atoms with Gasteiger partial charge in [-0.15, -0.1) is 0 Å². The summed E-state index contributed by atoms with van der Waals surface area (Å²) in [7, 11) is 0. The third-order valence-electron chi connectivity index (χ3n) is 4.49. The van der Waals surface area contributed by atoms with Gasteiger partial charge in [0.05, 0.1) is 5.52 Å². The summed E-state index contributed by atoms with van der Waals surface area (Å²) in [5.41, 5.74) is 2.49. The van der Waals surface area contributed by atoms with Crippen LogP contribution in [0.4, 0.5) is 0 Å². The maximum Gasteiger partial charge on any atom is 0.272 e. The smallest absolute Gasteiger partial charge is 0.272 e. The minimum absolute atomic E-state index is 0.0139. The standard InChI is InChI=1S/C18H18N4O/c23-18(17-8-7-13-4-1-2-6-15(13)20-17)22-11-3-5-14(12-22)16-9-10-19-21-16/h1-2,4,6-10,14H,3,5,11-12H2,(H,19,21)/t14-/m1/s1. The maximum atomic E-state index is 12.8. The summed E-state index contributed by atoms with van der Waals surface area (Å²) < 4.78 is 0. The van der Waals surface area contributed by atoms with Crippen molar-refractivity contribution in [2.45, 2.75) is 18.8 Å². The summed E-state index contributed by atoms with van der Waals surface area (Å²) >= 11 is 0. The van der Waals surface area contributed by atoms with Gasteiger partial charge in [-0.25, -0.2) is 4.98 Å². The molecule has 3 aromatic rings. The number of amides is 1. The number of likely N-dealkylation sites (tertiary alicyclic amines) is 1. The molecule has 1 saturated heterocycles. The molecule has 1 aromatic carbocycles. The number of hydrogen-bond donors (Lipinski definition) is 1. The molecule has 1 atom stereocenters. The highest BCUT2D eigenvalue weighted by atomic mass is 16.2. The lowest BCUT2D eigenvalue weighted by Gasteiger charge is -2.32. The van der Waals surface area contributed by atoms with Gasteiger partial charge in [0, 0.05) is 36.3 Å². The fraction of sp³-hybridized carbons (Fsp3) is 0.278. The number of aromatic nitrogens is 3. The van der Waals surface area contributed by atoms with Gasteiger partial charge in [0.2, 0.25) is 0 Å². The number of para-hydroxylation sites is 1. The minimum Gasteiger partial charge on any atom is -0.337 e. The minimum atomic E-state index is 0.0139. The Morgan fingerprint density at radius 2 is 2.09 bits per heavy atom. The Hall–Kier alpha value is -2.69. The zero-order valence-electron chi connectivity index (χ0n) is 12.8. The molecule has 1 N–H and O–H groups in total. The Morgan fingerprint density at radius 3 is 2.96 bits per heavy atom. The molecule has 0 aliphatic carbocycles. The van der Waals surface area contributed by atoms with Crippen LogP contribution in [0.2, 0.25) is 0 Å². The summed E-state index contributed by atoms with van der Waals surface area (Å²) in [5.74, 6) is 0.343. The Morgan fingerprint density at radius 1 is 1.17 bits per heavy atom. The van der Waals surface area contributed by atoms with E-state index in [0.29, 0.717) is 11.6 Å². The second-order valence-electron chi connectivity index (χ2n) is 5.99. The van der Waals surface area contributed by atoms with Crippen LogP contribution in [-0.4, -0.2) is 39.1 Å². The van der Waals surface area contributed by atoms with Crippen LogP contribution in [0.25, 0.3) is 10.9 Å². The molecule has 3 heterocycles. The topological polar surface area (TPSA) is 61.9 Å². The first-order valence-electron chi connectivity index (χ1n) is 7.95. The molecule has 23 heavy (non-hydrogen) atoms. The summed E-state index contributed by atoms with van der Waals surface area (Å²) in [6.07, 6.45) is 3.85. The van der Waals surface area contributed by atoms with E-state index in [2.05, 4.69) is 15.2 Å². The van der Waals surface area contributed by atoms with Gasteiger partial charge in [-0.3, -0.25) is 9.89 Å². The van der Waals surface area contributed by atoms with Gasteiger partial charge in [-0.05, 0) is 31.0 Å². The number of H-pyrrole nitrogens is 1. The molecule has 0 spiro atoms. The summed E-state index contributed by atoms with van der Waals surface area (Å²) in [6.45, 7) is 1.51.